The second kappa shape index (κ2) is 8.55. The summed E-state index contributed by atoms with van der Waals surface area (Å²) in [4.78, 5) is 2.39. The molecule has 2 aromatic carbocycles. The van der Waals surface area contributed by atoms with Crippen molar-refractivity contribution in [3.63, 3.8) is 0 Å². The molecule has 5 nitrogen and oxygen atoms in total. The number of benzene rings is 2. The molecule has 1 saturated heterocycles. The fourth-order valence-corrected chi connectivity index (χ4v) is 4.02. The molecule has 0 spiro atoms. The molecule has 1 aliphatic rings. The van der Waals surface area contributed by atoms with Crippen LogP contribution in [0.4, 0.5) is 5.69 Å². The lowest BCUT2D eigenvalue weighted by Gasteiger charge is -2.34. The van der Waals surface area contributed by atoms with Crippen molar-refractivity contribution in [2.75, 3.05) is 31.7 Å². The minimum absolute atomic E-state index is 0.481. The quantitative estimate of drug-likeness (QED) is 0.592. The van der Waals surface area contributed by atoms with Crippen LogP contribution in [0.1, 0.15) is 44.2 Å². The first-order valence-electron chi connectivity index (χ1n) is 10.2. The Hall–Kier alpha value is -2.69. The van der Waals surface area contributed by atoms with Gasteiger partial charge in [-0.25, -0.2) is 0 Å². The smallest absolute Gasteiger partial charge is 0.184 e. The molecule has 28 heavy (non-hydrogen) atoms. The van der Waals surface area contributed by atoms with Crippen molar-refractivity contribution in [1.29, 1.82) is 0 Å². The number of H-pyrrole nitrogens is 1. The first-order chi connectivity index (χ1) is 13.8. The number of para-hydroxylation sites is 1. The second-order valence-corrected chi connectivity index (χ2v) is 7.34. The molecule has 1 radical (unpaired) electrons. The summed E-state index contributed by atoms with van der Waals surface area (Å²) < 4.78 is 11.6. The van der Waals surface area contributed by atoms with E-state index in [1.807, 2.05) is 12.1 Å². The minimum Gasteiger partial charge on any atom is -0.491 e. The first-order valence-corrected chi connectivity index (χ1v) is 10.2. The predicted octanol–water partition coefficient (Wildman–Crippen LogP) is 4.93. The summed E-state index contributed by atoms with van der Waals surface area (Å²) in [6.07, 6.45) is 4.28. The SMILES string of the molecule is CCCCOc1[c]ccc(N2CCC(c3n[nH]c4ccccc34)CC2)c1OC. The molecule has 147 valence electrons. The molecular formula is C23H28N3O2. The summed E-state index contributed by atoms with van der Waals surface area (Å²) in [6.45, 7) is 4.80. The number of ether oxygens (including phenoxy) is 2. The van der Waals surface area contributed by atoms with Gasteiger partial charge in [0, 0.05) is 30.5 Å². The molecule has 1 aliphatic heterocycles. The van der Waals surface area contributed by atoms with E-state index in [0.29, 0.717) is 18.3 Å². The fourth-order valence-electron chi connectivity index (χ4n) is 4.02. The molecule has 0 atom stereocenters. The first kappa shape index (κ1) is 18.7. The third-order valence-electron chi connectivity index (χ3n) is 5.57. The molecule has 0 unspecified atom stereocenters. The van der Waals surface area contributed by atoms with Crippen molar-refractivity contribution in [2.24, 2.45) is 0 Å². The number of fused-ring (bicyclic) bond motifs is 1. The van der Waals surface area contributed by atoms with E-state index >= 15 is 0 Å². The Morgan fingerprint density at radius 3 is 2.82 bits per heavy atom. The lowest BCUT2D eigenvalue weighted by molar-refractivity contribution is 0.287. The number of nitrogens with one attached hydrogen (secondary N) is 1. The van der Waals surface area contributed by atoms with Crippen LogP contribution in [-0.4, -0.2) is 37.0 Å². The van der Waals surface area contributed by atoms with Gasteiger partial charge in [0.25, 0.3) is 0 Å². The Labute approximate surface area is 166 Å². The topological polar surface area (TPSA) is 50.4 Å². The monoisotopic (exact) mass is 378 g/mol. The van der Waals surface area contributed by atoms with Crippen LogP contribution in [0, 0.1) is 6.07 Å². The maximum absolute atomic E-state index is 5.91. The third kappa shape index (κ3) is 3.66. The van der Waals surface area contributed by atoms with Crippen LogP contribution in [0.15, 0.2) is 36.4 Å². The molecule has 3 aromatic rings. The summed E-state index contributed by atoms with van der Waals surface area (Å²) in [5.41, 5.74) is 3.42. The van der Waals surface area contributed by atoms with Gasteiger partial charge in [0.15, 0.2) is 11.5 Å². The van der Waals surface area contributed by atoms with Gasteiger partial charge in [-0.15, -0.1) is 0 Å². The van der Waals surface area contributed by atoms with Crippen molar-refractivity contribution in [3.8, 4) is 11.5 Å². The average molecular weight is 378 g/mol. The third-order valence-corrected chi connectivity index (χ3v) is 5.57. The summed E-state index contributed by atoms with van der Waals surface area (Å²) >= 11 is 0. The Morgan fingerprint density at radius 2 is 2.04 bits per heavy atom. The Balaban J connectivity index is 1.48. The molecule has 4 rings (SSSR count). The highest BCUT2D eigenvalue weighted by Crippen LogP contribution is 2.40. The van der Waals surface area contributed by atoms with Crippen LogP contribution < -0.4 is 14.4 Å². The number of hydrogen-bond acceptors (Lipinski definition) is 4. The van der Waals surface area contributed by atoms with E-state index in [-0.39, 0.29) is 0 Å². The molecule has 2 heterocycles. The normalized spacial score (nSPS) is 15.1. The van der Waals surface area contributed by atoms with E-state index in [0.717, 1.165) is 55.7 Å². The van der Waals surface area contributed by atoms with Crippen molar-refractivity contribution in [2.45, 2.75) is 38.5 Å². The van der Waals surface area contributed by atoms with Crippen LogP contribution in [-0.2, 0) is 0 Å². The molecule has 0 bridgehead atoms. The standard InChI is InChI=1S/C23H28N3O2/c1-3-4-16-28-21-11-7-10-20(23(21)27-2)26-14-12-17(13-15-26)22-18-8-5-6-9-19(18)24-25-22/h5-10,17H,3-4,12-16H2,1-2H3,(H,24,25). The fraction of sp³-hybridized carbons (Fsp3) is 0.435. The molecule has 5 heteroatoms. The number of aromatic nitrogens is 2. The van der Waals surface area contributed by atoms with E-state index in [1.54, 1.807) is 7.11 Å². The summed E-state index contributed by atoms with van der Waals surface area (Å²) in [6, 6.07) is 15.6. The van der Waals surface area contributed by atoms with Crippen LogP contribution in [0.2, 0.25) is 0 Å². The van der Waals surface area contributed by atoms with Gasteiger partial charge in [-0.05, 0) is 37.5 Å². The number of anilines is 1. The van der Waals surface area contributed by atoms with Crippen molar-refractivity contribution in [1.82, 2.24) is 10.2 Å². The second-order valence-electron chi connectivity index (χ2n) is 7.34. The van der Waals surface area contributed by atoms with Crippen LogP contribution in [0.5, 0.6) is 11.5 Å². The number of rotatable bonds is 7. The van der Waals surface area contributed by atoms with Crippen LogP contribution in [0.25, 0.3) is 10.9 Å². The number of methoxy groups -OCH3 is 1. The number of piperidine rings is 1. The van der Waals surface area contributed by atoms with E-state index < -0.39 is 0 Å². The van der Waals surface area contributed by atoms with Gasteiger partial charge in [0.2, 0.25) is 0 Å². The highest BCUT2D eigenvalue weighted by atomic mass is 16.5. The Morgan fingerprint density at radius 1 is 1.21 bits per heavy atom. The Bertz CT molecular complexity index is 913. The lowest BCUT2D eigenvalue weighted by Crippen LogP contribution is -2.33. The zero-order valence-corrected chi connectivity index (χ0v) is 16.7. The van der Waals surface area contributed by atoms with Gasteiger partial charge in [0.05, 0.1) is 30.6 Å². The maximum atomic E-state index is 5.91. The van der Waals surface area contributed by atoms with Crippen molar-refractivity contribution < 1.29 is 9.47 Å². The summed E-state index contributed by atoms with van der Waals surface area (Å²) in [7, 11) is 1.71. The minimum atomic E-state index is 0.481. The molecule has 0 saturated carbocycles. The van der Waals surface area contributed by atoms with E-state index in [9.17, 15) is 0 Å². The molecule has 1 N–H and O–H groups in total. The number of aromatic amines is 1. The van der Waals surface area contributed by atoms with E-state index in [4.69, 9.17) is 9.47 Å². The molecule has 1 fully saturated rings. The van der Waals surface area contributed by atoms with E-state index in [1.165, 1.54) is 11.1 Å². The lowest BCUT2D eigenvalue weighted by atomic mass is 9.91. The van der Waals surface area contributed by atoms with Gasteiger partial charge in [-0.3, -0.25) is 5.10 Å². The highest BCUT2D eigenvalue weighted by molar-refractivity contribution is 5.81. The maximum Gasteiger partial charge on any atom is 0.184 e. The van der Waals surface area contributed by atoms with Crippen LogP contribution >= 0.6 is 0 Å². The van der Waals surface area contributed by atoms with Crippen molar-refractivity contribution >= 4 is 16.6 Å². The van der Waals surface area contributed by atoms with E-state index in [2.05, 4.69) is 52.4 Å². The molecular weight excluding hydrogens is 350 g/mol. The molecule has 1 aromatic heterocycles. The summed E-state index contributed by atoms with van der Waals surface area (Å²) in [5.74, 6) is 1.99. The predicted molar refractivity (Wildman–Crippen MR) is 113 cm³/mol. The van der Waals surface area contributed by atoms with Gasteiger partial charge in [0.1, 0.15) is 0 Å². The highest BCUT2D eigenvalue weighted by Gasteiger charge is 2.26. The largest absolute Gasteiger partial charge is 0.491 e. The molecule has 0 amide bonds. The average Bonchev–Trinajstić information content (AvgIpc) is 3.18. The zero-order valence-electron chi connectivity index (χ0n) is 16.7. The van der Waals surface area contributed by atoms with Gasteiger partial charge >= 0.3 is 0 Å². The number of unbranched alkanes of at least 4 members (excludes halogenated alkanes) is 1. The Kier molecular flexibility index (Phi) is 5.70. The van der Waals surface area contributed by atoms with Crippen LogP contribution in [0.3, 0.4) is 0 Å². The van der Waals surface area contributed by atoms with Crippen molar-refractivity contribution in [3.05, 3.63) is 48.2 Å². The zero-order chi connectivity index (χ0) is 19.3. The molecule has 0 aliphatic carbocycles. The van der Waals surface area contributed by atoms with Gasteiger partial charge in [-0.1, -0.05) is 31.5 Å². The summed E-state index contributed by atoms with van der Waals surface area (Å²) in [5, 5.41) is 9.04. The van der Waals surface area contributed by atoms with Gasteiger partial charge in [-0.2, -0.15) is 5.10 Å². The number of nitrogens with zero attached hydrogens (tertiary/aromatic N) is 2. The van der Waals surface area contributed by atoms with Gasteiger partial charge < -0.3 is 14.4 Å². The number of hydrogen-bond donors (Lipinski definition) is 1.